The van der Waals surface area contributed by atoms with Gasteiger partial charge in [-0.3, -0.25) is 4.79 Å². The summed E-state index contributed by atoms with van der Waals surface area (Å²) in [6.45, 7) is 5.14. The molecule has 0 N–H and O–H groups in total. The van der Waals surface area contributed by atoms with Gasteiger partial charge in [-0.1, -0.05) is 53.0 Å². The minimum atomic E-state index is -1.08. The summed E-state index contributed by atoms with van der Waals surface area (Å²) in [7, 11) is 0. The molecule has 0 fully saturated rings. The Hall–Kier alpha value is -1.42. The smallest absolute Gasteiger partial charge is 0.256 e. The van der Waals surface area contributed by atoms with E-state index >= 15 is 0 Å². The molecule has 0 aliphatic rings. The van der Waals surface area contributed by atoms with Gasteiger partial charge in [0.15, 0.2) is 4.84 Å². The van der Waals surface area contributed by atoms with Crippen molar-refractivity contribution in [1.29, 1.82) is 0 Å². The molecule has 0 unspecified atom stereocenters. The van der Waals surface area contributed by atoms with E-state index in [2.05, 4.69) is 11.1 Å². The van der Waals surface area contributed by atoms with Crippen LogP contribution >= 0.6 is 34.8 Å². The van der Waals surface area contributed by atoms with Gasteiger partial charge in [-0.05, 0) is 29.8 Å². The predicted octanol–water partition coefficient (Wildman–Crippen LogP) is 4.51. The quantitative estimate of drug-likeness (QED) is 0.519. The van der Waals surface area contributed by atoms with Crippen molar-refractivity contribution < 1.29 is 4.79 Å². The molecule has 6 heteroatoms. The highest BCUT2D eigenvalue weighted by atomic mass is 35.5. The molecule has 1 amide bonds. The second kappa shape index (κ2) is 8.44. The van der Waals surface area contributed by atoms with Crippen LogP contribution in [0.15, 0.2) is 55.3 Å². The van der Waals surface area contributed by atoms with Gasteiger partial charge in [0.1, 0.15) is 0 Å². The van der Waals surface area contributed by atoms with Crippen molar-refractivity contribution in [3.63, 3.8) is 0 Å². The van der Waals surface area contributed by atoms with Crippen molar-refractivity contribution >= 4 is 40.7 Å². The van der Waals surface area contributed by atoms with Crippen LogP contribution in [0.1, 0.15) is 11.3 Å². The van der Waals surface area contributed by atoms with Crippen molar-refractivity contribution in [2.45, 2.75) is 17.9 Å². The average Bonchev–Trinajstić information content (AvgIpc) is 2.93. The summed E-state index contributed by atoms with van der Waals surface area (Å²) >= 11 is 17.4. The number of nitrogens with zero attached hydrogens (tertiary/aromatic N) is 2. The van der Waals surface area contributed by atoms with Gasteiger partial charge in [0.2, 0.25) is 0 Å². The SMILES string of the molecule is C=CCN(Cc1cccn1Cc1cccc(Cl)c1)C(=O)C(Cl)Cl. The summed E-state index contributed by atoms with van der Waals surface area (Å²) in [6, 6.07) is 11.6. The number of carbonyl (C=O) groups is 1. The molecule has 0 aliphatic carbocycles. The Balaban J connectivity index is 2.16. The zero-order chi connectivity index (χ0) is 16.8. The zero-order valence-corrected chi connectivity index (χ0v) is 14.7. The van der Waals surface area contributed by atoms with E-state index in [0.29, 0.717) is 24.7 Å². The van der Waals surface area contributed by atoms with Gasteiger partial charge in [-0.2, -0.15) is 0 Å². The first kappa shape index (κ1) is 17.9. The van der Waals surface area contributed by atoms with Crippen molar-refractivity contribution in [2.24, 2.45) is 0 Å². The summed E-state index contributed by atoms with van der Waals surface area (Å²) < 4.78 is 2.06. The van der Waals surface area contributed by atoms with E-state index in [9.17, 15) is 4.79 Å². The number of benzene rings is 1. The van der Waals surface area contributed by atoms with Crippen molar-refractivity contribution in [1.82, 2.24) is 9.47 Å². The van der Waals surface area contributed by atoms with Crippen molar-refractivity contribution in [3.8, 4) is 0 Å². The maximum absolute atomic E-state index is 12.1. The van der Waals surface area contributed by atoms with E-state index in [1.54, 1.807) is 11.0 Å². The molecule has 2 aromatic rings. The van der Waals surface area contributed by atoms with Gasteiger partial charge in [0.05, 0.1) is 6.54 Å². The zero-order valence-electron chi connectivity index (χ0n) is 12.5. The molecule has 0 atom stereocenters. The van der Waals surface area contributed by atoms with Crippen molar-refractivity contribution in [3.05, 3.63) is 71.5 Å². The van der Waals surface area contributed by atoms with Gasteiger partial charge in [-0.25, -0.2) is 0 Å². The third-order valence-electron chi connectivity index (χ3n) is 3.37. The summed E-state index contributed by atoms with van der Waals surface area (Å²) in [4.78, 5) is 12.6. The van der Waals surface area contributed by atoms with Gasteiger partial charge < -0.3 is 9.47 Å². The topological polar surface area (TPSA) is 25.2 Å². The molecule has 0 saturated carbocycles. The van der Waals surface area contributed by atoms with E-state index in [1.807, 2.05) is 42.6 Å². The lowest BCUT2D eigenvalue weighted by molar-refractivity contribution is -0.129. The van der Waals surface area contributed by atoms with E-state index in [4.69, 9.17) is 34.8 Å². The number of amides is 1. The molecule has 0 radical (unpaired) electrons. The number of hydrogen-bond acceptors (Lipinski definition) is 1. The second-order valence-corrected chi connectivity index (χ2v) is 6.60. The molecule has 3 nitrogen and oxygen atoms in total. The van der Waals surface area contributed by atoms with Crippen molar-refractivity contribution in [2.75, 3.05) is 6.54 Å². The van der Waals surface area contributed by atoms with Crippen LogP contribution in [0.4, 0.5) is 0 Å². The van der Waals surface area contributed by atoms with Crippen LogP contribution in [-0.2, 0) is 17.9 Å². The summed E-state index contributed by atoms with van der Waals surface area (Å²) in [5.74, 6) is -0.330. The highest BCUT2D eigenvalue weighted by Crippen LogP contribution is 2.16. The molecule has 0 spiro atoms. The number of halogens is 3. The van der Waals surface area contributed by atoms with Gasteiger partial charge >= 0.3 is 0 Å². The standard InChI is InChI=1S/C17H17Cl3N2O/c1-2-8-22(17(23)16(19)20)12-15-7-4-9-21(15)11-13-5-3-6-14(18)10-13/h2-7,9-10,16H,1,8,11-12H2. The first-order valence-electron chi connectivity index (χ1n) is 7.07. The number of aromatic nitrogens is 1. The van der Waals surface area contributed by atoms with Crippen LogP contribution in [0.2, 0.25) is 5.02 Å². The number of alkyl halides is 2. The van der Waals surface area contributed by atoms with Gasteiger partial charge in [0, 0.05) is 30.0 Å². The largest absolute Gasteiger partial charge is 0.345 e. The number of hydrogen-bond donors (Lipinski definition) is 0. The molecule has 0 saturated heterocycles. The lowest BCUT2D eigenvalue weighted by atomic mass is 10.2. The monoisotopic (exact) mass is 370 g/mol. The number of rotatable bonds is 7. The van der Waals surface area contributed by atoms with Gasteiger partial charge in [-0.15, -0.1) is 6.58 Å². The molecular formula is C17H17Cl3N2O. The van der Waals surface area contributed by atoms with Crippen LogP contribution < -0.4 is 0 Å². The molecule has 23 heavy (non-hydrogen) atoms. The highest BCUT2D eigenvalue weighted by Gasteiger charge is 2.20. The molecule has 2 rings (SSSR count). The fraction of sp³-hybridized carbons (Fsp3) is 0.235. The molecular weight excluding hydrogens is 355 g/mol. The lowest BCUT2D eigenvalue weighted by Crippen LogP contribution is -2.35. The Morgan fingerprint density at radius 2 is 2.09 bits per heavy atom. The Bertz CT molecular complexity index is 682. The van der Waals surface area contributed by atoms with Gasteiger partial charge in [0.25, 0.3) is 5.91 Å². The maximum Gasteiger partial charge on any atom is 0.256 e. The molecule has 1 heterocycles. The second-order valence-electron chi connectivity index (χ2n) is 5.07. The van der Waals surface area contributed by atoms with Crippen LogP contribution in [-0.4, -0.2) is 26.8 Å². The molecule has 0 bridgehead atoms. The van der Waals surface area contributed by atoms with Crippen LogP contribution in [0.3, 0.4) is 0 Å². The summed E-state index contributed by atoms with van der Waals surface area (Å²) in [5.41, 5.74) is 2.07. The number of carbonyl (C=O) groups excluding carboxylic acids is 1. The first-order valence-corrected chi connectivity index (χ1v) is 8.32. The minimum Gasteiger partial charge on any atom is -0.345 e. The Morgan fingerprint density at radius 3 is 2.74 bits per heavy atom. The highest BCUT2D eigenvalue weighted by molar-refractivity contribution is 6.53. The van der Waals surface area contributed by atoms with E-state index in [-0.39, 0.29) is 5.91 Å². The van der Waals surface area contributed by atoms with Crippen LogP contribution in [0.25, 0.3) is 0 Å². The summed E-state index contributed by atoms with van der Waals surface area (Å²) in [5, 5.41) is 0.701. The lowest BCUT2D eigenvalue weighted by Gasteiger charge is -2.22. The third kappa shape index (κ3) is 5.03. The fourth-order valence-electron chi connectivity index (χ4n) is 2.30. The maximum atomic E-state index is 12.1. The van der Waals surface area contributed by atoms with Crippen LogP contribution in [0.5, 0.6) is 0 Å². The Morgan fingerprint density at radius 1 is 1.30 bits per heavy atom. The minimum absolute atomic E-state index is 0.330. The predicted molar refractivity (Wildman–Crippen MR) is 96.1 cm³/mol. The van der Waals surface area contributed by atoms with Crippen LogP contribution in [0, 0.1) is 0 Å². The Labute approximate surface area is 151 Å². The molecule has 0 aliphatic heterocycles. The molecule has 1 aromatic heterocycles. The first-order chi connectivity index (χ1) is 11.0. The fourth-order valence-corrected chi connectivity index (χ4v) is 2.79. The average molecular weight is 372 g/mol. The summed E-state index contributed by atoms with van der Waals surface area (Å²) in [6.07, 6.45) is 3.62. The van der Waals surface area contributed by atoms with E-state index in [1.165, 1.54) is 0 Å². The molecule has 122 valence electrons. The van der Waals surface area contributed by atoms with E-state index in [0.717, 1.165) is 11.3 Å². The van der Waals surface area contributed by atoms with E-state index < -0.39 is 4.84 Å². The third-order valence-corrected chi connectivity index (χ3v) is 3.97. The molecule has 1 aromatic carbocycles. The normalized spacial score (nSPS) is 10.8. The Kier molecular flexibility index (Phi) is 6.58.